The largest absolute Gasteiger partial charge is 0.478 e. The molecule has 2 unspecified atom stereocenters. The van der Waals surface area contributed by atoms with Crippen LogP contribution in [0.25, 0.3) is 22.4 Å². The van der Waals surface area contributed by atoms with Gasteiger partial charge in [0.05, 0.1) is 21.8 Å². The predicted molar refractivity (Wildman–Crippen MR) is 285 cm³/mol. The van der Waals surface area contributed by atoms with E-state index in [2.05, 4.69) is 30.1 Å². The highest BCUT2D eigenvalue weighted by Crippen LogP contribution is 2.42. The van der Waals surface area contributed by atoms with E-state index in [1.54, 1.807) is 43.0 Å². The molecule has 2 aliphatic rings. The number of aromatic carboxylic acids is 1. The molecule has 5 aromatic carbocycles. The first-order chi connectivity index (χ1) is 34.2. The molecular formula is C53H58ClF4N7O3S3. The van der Waals surface area contributed by atoms with Crippen LogP contribution in [0.2, 0.25) is 5.02 Å². The molecule has 6 aromatic rings. The number of aromatic nitrogens is 1. The summed E-state index contributed by atoms with van der Waals surface area (Å²) in [7, 11) is -1.28. The number of thioether (sulfide) groups is 1. The molecule has 1 aromatic heterocycles. The second-order valence-corrected chi connectivity index (χ2v) is 21.5. The van der Waals surface area contributed by atoms with Gasteiger partial charge in [0.2, 0.25) is 0 Å². The van der Waals surface area contributed by atoms with Crippen LogP contribution in [0.5, 0.6) is 0 Å². The monoisotopic (exact) mass is 1050 g/mol. The van der Waals surface area contributed by atoms with Crippen LogP contribution in [0.3, 0.4) is 0 Å². The number of carboxylic acid groups (broad SMARTS) is 1. The molecule has 0 spiro atoms. The van der Waals surface area contributed by atoms with E-state index in [1.807, 2.05) is 91.3 Å². The molecule has 10 nitrogen and oxygen atoms in total. The van der Waals surface area contributed by atoms with E-state index in [-0.39, 0.29) is 22.2 Å². The predicted octanol–water partition coefficient (Wildman–Crippen LogP) is 12.4. The maximum atomic E-state index is 15.6. The lowest BCUT2D eigenvalue weighted by Crippen LogP contribution is -2.46. The Morgan fingerprint density at radius 1 is 0.845 bits per heavy atom. The van der Waals surface area contributed by atoms with E-state index in [4.69, 9.17) is 11.6 Å². The quantitative estimate of drug-likeness (QED) is 0.0354. The zero-order chi connectivity index (χ0) is 50.2. The molecule has 2 saturated heterocycles. The molecule has 0 radical (unpaired) electrons. The van der Waals surface area contributed by atoms with Crippen molar-refractivity contribution < 1.29 is 31.7 Å². The fourth-order valence-electron chi connectivity index (χ4n) is 9.44. The van der Waals surface area contributed by atoms with Gasteiger partial charge in [-0.3, -0.25) is 0 Å². The number of hydrogen-bond donors (Lipinski definition) is 4. The van der Waals surface area contributed by atoms with Crippen molar-refractivity contribution >= 4 is 74.8 Å². The second-order valence-electron chi connectivity index (χ2n) is 17.7. The topological polar surface area (TPSA) is 105 Å². The van der Waals surface area contributed by atoms with E-state index in [9.17, 15) is 27.3 Å². The summed E-state index contributed by atoms with van der Waals surface area (Å²) in [5, 5.41) is 17.7. The summed E-state index contributed by atoms with van der Waals surface area (Å²) in [6.45, 7) is 9.37. The van der Waals surface area contributed by atoms with Gasteiger partial charge in [-0.15, -0.1) is 11.8 Å². The van der Waals surface area contributed by atoms with Crippen molar-refractivity contribution in [3.05, 3.63) is 137 Å². The Balaban J connectivity index is 0.924. The van der Waals surface area contributed by atoms with Crippen LogP contribution in [0, 0.1) is 12.7 Å². The van der Waals surface area contributed by atoms with Crippen molar-refractivity contribution in [2.45, 2.75) is 71.9 Å². The fourth-order valence-corrected chi connectivity index (χ4v) is 12.1. The van der Waals surface area contributed by atoms with Gasteiger partial charge in [-0.2, -0.15) is 13.2 Å². The van der Waals surface area contributed by atoms with Gasteiger partial charge >= 0.3 is 11.5 Å². The van der Waals surface area contributed by atoms with Gasteiger partial charge in [-0.1, -0.05) is 41.9 Å². The van der Waals surface area contributed by atoms with Gasteiger partial charge in [0.1, 0.15) is 5.82 Å². The first-order valence-electron chi connectivity index (χ1n) is 23.7. The van der Waals surface area contributed by atoms with E-state index in [0.29, 0.717) is 89.1 Å². The molecule has 2 atom stereocenters. The molecule has 2 fully saturated rings. The number of likely N-dealkylation sites (tertiary alicyclic amines) is 1. The van der Waals surface area contributed by atoms with Crippen LogP contribution in [0.1, 0.15) is 42.2 Å². The number of hydrogen-bond acceptors (Lipinski definition) is 10. The summed E-state index contributed by atoms with van der Waals surface area (Å²) in [5.41, 5.74) is 0.704. The summed E-state index contributed by atoms with van der Waals surface area (Å²) >= 11 is 9.00. The Bertz CT molecular complexity index is 2790. The average Bonchev–Trinajstić information content (AvgIpc) is 3.68. The van der Waals surface area contributed by atoms with Gasteiger partial charge in [0.25, 0.3) is 0 Å². The SMILES string of the molecule is CCn1c(C)c(C(=O)O)c(-c2cc(F)cc(N3CCN(c4ccc(NSc5ccc(NC(CCN6CCC(NC)CC6)CSc6ccccc6)c(S(=O)C(F)(F)F)c5)cc4)CC3)c2)c1-c1ccc(Cl)cc1. The lowest BCUT2D eigenvalue weighted by molar-refractivity contribution is -0.0384. The minimum absolute atomic E-state index is 0.128. The second kappa shape index (κ2) is 23.6. The van der Waals surface area contributed by atoms with Gasteiger partial charge in [0, 0.05) is 100 Å². The Labute approximate surface area is 429 Å². The van der Waals surface area contributed by atoms with E-state index >= 15 is 4.39 Å². The number of anilines is 4. The lowest BCUT2D eigenvalue weighted by atomic mass is 9.96. The van der Waals surface area contributed by atoms with E-state index in [1.165, 1.54) is 18.2 Å². The van der Waals surface area contributed by atoms with Crippen LogP contribution in [0.4, 0.5) is 40.3 Å². The Morgan fingerprint density at radius 2 is 1.52 bits per heavy atom. The Kier molecular flexibility index (Phi) is 17.3. The van der Waals surface area contributed by atoms with E-state index in [0.717, 1.165) is 66.3 Å². The summed E-state index contributed by atoms with van der Waals surface area (Å²) in [4.78, 5) is 20.7. The standard InChI is InChI=1S/C53H58ClF4N7O3S3/c1-4-65-35(2)49(52(66)67)50(51(65)36-10-12-38(54)13-11-36)37-30-39(55)32-44(31-37)64-28-26-63(27-29-64)43-16-14-41(15-17-43)61-70-46-18-19-47(48(33-46)71(68)53(56,57)58)60-42(34-69-45-8-6-5-7-9-45)22-25-62-23-20-40(59-3)21-24-62/h5-19,30-33,40,42,59-61H,4,20-29,34H2,1-3H3,(H,66,67). The Hall–Kier alpha value is -5.17. The Morgan fingerprint density at radius 3 is 2.15 bits per heavy atom. The third-order valence-corrected chi connectivity index (χ3v) is 16.6. The number of benzene rings is 5. The minimum Gasteiger partial charge on any atom is -0.478 e. The first-order valence-corrected chi connectivity index (χ1v) is 27.0. The first kappa shape index (κ1) is 52.2. The number of piperazine rings is 1. The summed E-state index contributed by atoms with van der Waals surface area (Å²) in [6.07, 6.45) is 2.80. The molecule has 0 saturated carbocycles. The summed E-state index contributed by atoms with van der Waals surface area (Å²) in [6, 6.07) is 34.6. The van der Waals surface area contributed by atoms with Crippen molar-refractivity contribution in [1.82, 2.24) is 14.8 Å². The van der Waals surface area contributed by atoms with Gasteiger partial charge in [0.15, 0.2) is 10.8 Å². The highest BCUT2D eigenvalue weighted by atomic mass is 35.5. The molecule has 18 heteroatoms. The van der Waals surface area contributed by atoms with Crippen LogP contribution < -0.4 is 25.2 Å². The molecule has 8 rings (SSSR count). The number of rotatable bonds is 19. The normalized spacial score (nSPS) is 15.7. The van der Waals surface area contributed by atoms with Crippen molar-refractivity contribution in [2.24, 2.45) is 0 Å². The third-order valence-electron chi connectivity index (χ3n) is 13.2. The molecule has 71 heavy (non-hydrogen) atoms. The zero-order valence-electron chi connectivity index (χ0n) is 39.8. The van der Waals surface area contributed by atoms with Crippen molar-refractivity contribution in [1.29, 1.82) is 0 Å². The summed E-state index contributed by atoms with van der Waals surface area (Å²) < 4.78 is 76.4. The van der Waals surface area contributed by atoms with Crippen LogP contribution in [0.15, 0.2) is 130 Å². The van der Waals surface area contributed by atoms with Crippen molar-refractivity contribution in [2.75, 3.05) is 78.5 Å². The number of nitrogens with zero attached hydrogens (tertiary/aromatic N) is 4. The maximum absolute atomic E-state index is 15.6. The molecule has 3 heterocycles. The minimum atomic E-state index is -4.95. The maximum Gasteiger partial charge on any atom is 0.475 e. The molecule has 0 bridgehead atoms. The molecule has 0 aliphatic carbocycles. The van der Waals surface area contributed by atoms with Crippen LogP contribution in [-0.4, -0.2) is 101 Å². The smallest absolute Gasteiger partial charge is 0.475 e. The molecule has 4 N–H and O–H groups in total. The van der Waals surface area contributed by atoms with E-state index < -0.39 is 28.1 Å². The molecule has 376 valence electrons. The summed E-state index contributed by atoms with van der Waals surface area (Å²) in [5.74, 6) is -0.942. The number of piperidine rings is 1. The van der Waals surface area contributed by atoms with Gasteiger partial charge in [-0.25, -0.2) is 13.4 Å². The third kappa shape index (κ3) is 12.9. The lowest BCUT2D eigenvalue weighted by Gasteiger charge is -2.37. The average molecular weight is 1050 g/mol. The fraction of sp³-hybridized carbons (Fsp3) is 0.340. The number of alkyl halides is 3. The number of halogens is 5. The number of carboxylic acids is 1. The molecular weight excluding hydrogens is 990 g/mol. The molecule has 2 aliphatic heterocycles. The van der Waals surface area contributed by atoms with Crippen LogP contribution in [-0.2, 0) is 17.3 Å². The van der Waals surface area contributed by atoms with Crippen molar-refractivity contribution in [3.63, 3.8) is 0 Å². The van der Waals surface area contributed by atoms with Gasteiger partial charge < -0.3 is 39.7 Å². The number of carbonyl (C=O) groups is 1. The van der Waals surface area contributed by atoms with Crippen LogP contribution >= 0.6 is 35.3 Å². The highest BCUT2D eigenvalue weighted by Gasteiger charge is 2.40. The number of nitrogens with one attached hydrogen (secondary N) is 3. The van der Waals surface area contributed by atoms with Crippen molar-refractivity contribution in [3.8, 4) is 22.4 Å². The van der Waals surface area contributed by atoms with Gasteiger partial charge in [-0.05, 0) is 161 Å². The highest BCUT2D eigenvalue weighted by molar-refractivity contribution is 8.00. The molecule has 0 amide bonds. The zero-order valence-corrected chi connectivity index (χ0v) is 43.0.